The minimum absolute atomic E-state index is 0. The van der Waals surface area contributed by atoms with Crippen molar-refractivity contribution in [3.63, 3.8) is 0 Å². The number of halogens is 2. The van der Waals surface area contributed by atoms with E-state index in [1.54, 1.807) is 13.0 Å². The van der Waals surface area contributed by atoms with Crippen LogP contribution in [0.2, 0.25) is 5.02 Å². The number of rotatable bonds is 3. The number of pyridine rings is 1. The van der Waals surface area contributed by atoms with E-state index in [9.17, 15) is 9.18 Å². The first-order valence-electron chi connectivity index (χ1n) is 6.14. The molecule has 0 saturated heterocycles. The van der Waals surface area contributed by atoms with Crippen molar-refractivity contribution < 1.29 is 41.8 Å². The van der Waals surface area contributed by atoms with Crippen molar-refractivity contribution in [2.75, 3.05) is 6.61 Å². The zero-order valence-electron chi connectivity index (χ0n) is 12.1. The first kappa shape index (κ1) is 18.9. The molecule has 22 heavy (non-hydrogen) atoms. The summed E-state index contributed by atoms with van der Waals surface area (Å²) in [7, 11) is 1.51. The minimum atomic E-state index is -0.509. The minimum Gasteiger partial charge on any atom is -0.481 e. The van der Waals surface area contributed by atoms with Gasteiger partial charge >= 0.3 is 0 Å². The third-order valence-corrected chi connectivity index (χ3v) is 3.13. The number of hydrogen-bond donors (Lipinski definition) is 0. The Morgan fingerprint density at radius 1 is 1.45 bits per heavy atom. The van der Waals surface area contributed by atoms with Gasteiger partial charge in [0.2, 0.25) is 5.56 Å². The van der Waals surface area contributed by atoms with E-state index in [0.717, 1.165) is 0 Å². The molecule has 1 radical (unpaired) electrons. The predicted octanol–water partition coefficient (Wildman–Crippen LogP) is 3.04. The molecule has 111 valence electrons. The van der Waals surface area contributed by atoms with Crippen LogP contribution in [0.15, 0.2) is 29.1 Å². The van der Waals surface area contributed by atoms with Gasteiger partial charge in [0.15, 0.2) is 0 Å². The van der Waals surface area contributed by atoms with Crippen LogP contribution < -0.4 is 10.3 Å². The van der Waals surface area contributed by atoms with Gasteiger partial charge in [0.05, 0.1) is 5.82 Å². The van der Waals surface area contributed by atoms with Crippen LogP contribution >= 0.6 is 11.6 Å². The van der Waals surface area contributed by atoms with Crippen LogP contribution in [0.4, 0.5) is 4.39 Å². The Labute approximate surface area is 158 Å². The standard InChI is InChI=1S/C16H12ClFNO2.Y/c1-3-4-9-21-11-5-6-12(14(18)10-11)15-8-7-13(17)16(20)19(15)2;/h5-7,10H,9H2,1-2H3;/q-1;. The fourth-order valence-corrected chi connectivity index (χ4v) is 1.96. The summed E-state index contributed by atoms with van der Waals surface area (Å²) >= 11 is 5.72. The Hall–Kier alpha value is -1.15. The molecule has 0 unspecified atom stereocenters. The molecule has 0 fully saturated rings. The van der Waals surface area contributed by atoms with Crippen molar-refractivity contribution in [2.45, 2.75) is 6.92 Å². The maximum atomic E-state index is 14.2. The molecule has 2 rings (SSSR count). The summed E-state index contributed by atoms with van der Waals surface area (Å²) in [6.07, 6.45) is 0. The topological polar surface area (TPSA) is 31.2 Å². The van der Waals surface area contributed by atoms with Gasteiger partial charge in [-0.3, -0.25) is 4.79 Å². The van der Waals surface area contributed by atoms with E-state index < -0.39 is 11.4 Å². The molecule has 2 aromatic rings. The summed E-state index contributed by atoms with van der Waals surface area (Å²) in [6.45, 7) is 1.89. The molecular weight excluding hydrogens is 382 g/mol. The van der Waals surface area contributed by atoms with E-state index in [4.69, 9.17) is 16.3 Å². The number of benzene rings is 1. The molecule has 0 N–H and O–H groups in total. The van der Waals surface area contributed by atoms with Gasteiger partial charge in [-0.1, -0.05) is 17.2 Å². The van der Waals surface area contributed by atoms with Crippen molar-refractivity contribution in [3.8, 4) is 28.8 Å². The van der Waals surface area contributed by atoms with Crippen LogP contribution in [-0.2, 0) is 39.8 Å². The molecule has 0 atom stereocenters. The number of nitrogens with zero attached hydrogens (tertiary/aromatic N) is 1. The second-order valence-electron chi connectivity index (χ2n) is 4.21. The largest absolute Gasteiger partial charge is 0.481 e. The van der Waals surface area contributed by atoms with Gasteiger partial charge in [-0.25, -0.2) is 4.39 Å². The quantitative estimate of drug-likeness (QED) is 0.593. The molecule has 0 bridgehead atoms. The molecule has 1 aromatic carbocycles. The van der Waals surface area contributed by atoms with Crippen LogP contribution in [0.1, 0.15) is 6.92 Å². The van der Waals surface area contributed by atoms with E-state index in [1.165, 1.54) is 29.8 Å². The molecule has 0 aliphatic carbocycles. The monoisotopic (exact) mass is 393 g/mol. The molecule has 0 amide bonds. The van der Waals surface area contributed by atoms with E-state index in [1.807, 2.05) is 0 Å². The van der Waals surface area contributed by atoms with E-state index in [-0.39, 0.29) is 49.9 Å². The second kappa shape index (κ2) is 8.48. The van der Waals surface area contributed by atoms with Gasteiger partial charge in [0.1, 0.15) is 12.4 Å². The molecule has 6 heteroatoms. The maximum absolute atomic E-state index is 14.2. The van der Waals surface area contributed by atoms with Crippen molar-refractivity contribution in [3.05, 3.63) is 51.5 Å². The zero-order chi connectivity index (χ0) is 15.4. The first-order valence-corrected chi connectivity index (χ1v) is 6.52. The Bertz CT molecular complexity index is 793. The van der Waals surface area contributed by atoms with E-state index in [0.29, 0.717) is 11.4 Å². The average molecular weight is 394 g/mol. The molecule has 0 aliphatic rings. The maximum Gasteiger partial charge on any atom is 0.212 e. The van der Waals surface area contributed by atoms with E-state index >= 15 is 0 Å². The summed E-state index contributed by atoms with van der Waals surface area (Å²) < 4.78 is 20.7. The normalized spacial score (nSPS) is 9.45. The van der Waals surface area contributed by atoms with Gasteiger partial charge in [-0.2, -0.15) is 23.7 Å². The molecule has 0 spiro atoms. The summed E-state index contributed by atoms with van der Waals surface area (Å²) in [4.78, 5) is 11.8. The molecular formula is C16H12ClFNO2Y-. The van der Waals surface area contributed by atoms with Crippen LogP contribution in [0.3, 0.4) is 0 Å². The SMILES string of the molecule is CC#CCOc1ccc(-c2[c-]cc(Cl)c(=O)n2C)c(F)c1.[Y]. The smallest absolute Gasteiger partial charge is 0.212 e. The predicted molar refractivity (Wildman–Crippen MR) is 79.9 cm³/mol. The van der Waals surface area contributed by atoms with Gasteiger partial charge in [0, 0.05) is 50.8 Å². The Kier molecular flexibility index (Phi) is 7.28. The summed E-state index contributed by atoms with van der Waals surface area (Å²) in [5.41, 5.74) is 0.172. The number of aromatic nitrogens is 1. The first-order chi connectivity index (χ1) is 10.0. The fraction of sp³-hybridized carbons (Fsp3) is 0.188. The summed E-state index contributed by atoms with van der Waals surface area (Å²) in [5.74, 6) is 5.27. The molecule has 0 aliphatic heterocycles. The van der Waals surface area contributed by atoms with Crippen molar-refractivity contribution in [1.82, 2.24) is 4.57 Å². The van der Waals surface area contributed by atoms with Crippen LogP contribution in [0, 0.1) is 23.7 Å². The van der Waals surface area contributed by atoms with Crippen molar-refractivity contribution in [2.24, 2.45) is 7.05 Å². The van der Waals surface area contributed by atoms with Crippen molar-refractivity contribution in [1.29, 1.82) is 0 Å². The number of ether oxygens (including phenoxy) is 1. The third kappa shape index (κ3) is 4.19. The summed E-state index contributed by atoms with van der Waals surface area (Å²) in [6, 6.07) is 8.53. The van der Waals surface area contributed by atoms with Crippen LogP contribution in [0.5, 0.6) is 5.75 Å². The molecule has 1 heterocycles. The Balaban J connectivity index is 0.00000242. The molecule has 0 saturated carbocycles. The van der Waals surface area contributed by atoms with Gasteiger partial charge < -0.3 is 9.30 Å². The van der Waals surface area contributed by atoms with Gasteiger partial charge in [0.25, 0.3) is 0 Å². The zero-order valence-corrected chi connectivity index (χ0v) is 15.7. The Morgan fingerprint density at radius 2 is 2.18 bits per heavy atom. The third-order valence-electron chi connectivity index (χ3n) is 2.86. The van der Waals surface area contributed by atoms with Crippen LogP contribution in [-0.4, -0.2) is 11.2 Å². The van der Waals surface area contributed by atoms with Gasteiger partial charge in [-0.05, 0) is 13.0 Å². The average Bonchev–Trinajstić information content (AvgIpc) is 2.46. The summed E-state index contributed by atoms with van der Waals surface area (Å²) in [5, 5.41) is 0.0414. The van der Waals surface area contributed by atoms with Crippen LogP contribution in [0.25, 0.3) is 11.3 Å². The van der Waals surface area contributed by atoms with Gasteiger partial charge in [-0.15, -0.1) is 12.0 Å². The molecule has 1 aromatic heterocycles. The van der Waals surface area contributed by atoms with Crippen molar-refractivity contribution >= 4 is 11.6 Å². The Morgan fingerprint density at radius 3 is 2.82 bits per heavy atom. The van der Waals surface area contributed by atoms with E-state index in [2.05, 4.69) is 17.9 Å². The number of hydrogen-bond acceptors (Lipinski definition) is 2. The fourth-order valence-electron chi connectivity index (χ4n) is 1.78. The molecule has 3 nitrogen and oxygen atoms in total. The second-order valence-corrected chi connectivity index (χ2v) is 4.61.